The number of likely N-dealkylation sites (N-methyl/N-ethyl adjacent to an activating group) is 1. The summed E-state index contributed by atoms with van der Waals surface area (Å²) in [7, 11) is 2.23. The van der Waals surface area contributed by atoms with Gasteiger partial charge in [-0.2, -0.15) is 0 Å². The molecule has 6 rings (SSSR count). The Morgan fingerprint density at radius 3 is 2.42 bits per heavy atom. The molecule has 0 bridgehead atoms. The minimum Gasteiger partial charge on any atom is -0.371 e. The van der Waals surface area contributed by atoms with E-state index in [9.17, 15) is 0 Å². The van der Waals surface area contributed by atoms with Gasteiger partial charge >= 0.3 is 0 Å². The van der Waals surface area contributed by atoms with Gasteiger partial charge < -0.3 is 15.1 Å². The van der Waals surface area contributed by atoms with Crippen molar-refractivity contribution in [1.29, 1.82) is 0 Å². The van der Waals surface area contributed by atoms with Crippen molar-refractivity contribution in [3.63, 3.8) is 0 Å². The third kappa shape index (κ3) is 4.14. The van der Waals surface area contributed by atoms with E-state index in [0.29, 0.717) is 5.95 Å². The molecule has 4 aromatic rings. The van der Waals surface area contributed by atoms with E-state index < -0.39 is 0 Å². The van der Waals surface area contributed by atoms with Gasteiger partial charge in [-0.25, -0.2) is 9.50 Å². The van der Waals surface area contributed by atoms with Gasteiger partial charge in [0.25, 0.3) is 0 Å². The zero-order valence-electron chi connectivity index (χ0n) is 19.2. The van der Waals surface area contributed by atoms with E-state index in [-0.39, 0.29) is 0 Å². The minimum atomic E-state index is 0.601. The van der Waals surface area contributed by atoms with Crippen molar-refractivity contribution in [3.8, 4) is 0 Å². The summed E-state index contributed by atoms with van der Waals surface area (Å²) in [5.74, 6) is 0.601. The Bertz CT molecular complexity index is 1230. The molecule has 0 amide bonds. The lowest BCUT2D eigenvalue weighted by Gasteiger charge is -2.42. The summed E-state index contributed by atoms with van der Waals surface area (Å²) in [6.07, 6.45) is 4.37. The second-order valence-corrected chi connectivity index (χ2v) is 9.35. The predicted molar refractivity (Wildman–Crippen MR) is 135 cm³/mol. The Labute approximate surface area is 194 Å². The van der Waals surface area contributed by atoms with Crippen molar-refractivity contribution in [3.05, 3.63) is 60.8 Å². The summed E-state index contributed by atoms with van der Waals surface area (Å²) >= 11 is 0. The molecular weight excluding hydrogens is 410 g/mol. The molecule has 0 radical (unpaired) electrons. The monoisotopic (exact) mass is 441 g/mol. The summed E-state index contributed by atoms with van der Waals surface area (Å²) in [4.78, 5) is 12.2. The van der Waals surface area contributed by atoms with Crippen molar-refractivity contribution in [2.45, 2.75) is 18.9 Å². The standard InChI is InChI=1S/C26H31N7/c1-30-14-16-32(17-15-30)23-10-12-31(13-11-23)22-8-6-21(7-9-22)28-26-27-19-24-18-20-4-2-3-5-25(20)33(24)29-26/h2-9,18-19,23H,10-17H2,1H3,(H,28,29). The molecule has 0 unspecified atom stereocenters. The van der Waals surface area contributed by atoms with Crippen LogP contribution in [0.25, 0.3) is 16.4 Å². The van der Waals surface area contributed by atoms with Gasteiger partial charge in [0.05, 0.1) is 17.2 Å². The molecule has 0 aliphatic carbocycles. The first-order valence-electron chi connectivity index (χ1n) is 12.0. The molecule has 2 saturated heterocycles. The fraction of sp³-hybridized carbons (Fsp3) is 0.385. The third-order valence-electron chi connectivity index (χ3n) is 7.23. The highest BCUT2D eigenvalue weighted by atomic mass is 15.3. The highest BCUT2D eigenvalue weighted by Crippen LogP contribution is 2.26. The second-order valence-electron chi connectivity index (χ2n) is 9.35. The Kier molecular flexibility index (Phi) is 5.36. The van der Waals surface area contributed by atoms with E-state index in [4.69, 9.17) is 5.10 Å². The van der Waals surface area contributed by atoms with Gasteiger partial charge in [0.15, 0.2) is 0 Å². The first kappa shape index (κ1) is 20.4. The lowest BCUT2D eigenvalue weighted by molar-refractivity contribution is 0.0982. The van der Waals surface area contributed by atoms with Crippen LogP contribution >= 0.6 is 0 Å². The lowest BCUT2D eigenvalue weighted by atomic mass is 10.0. The first-order chi connectivity index (χ1) is 16.2. The second kappa shape index (κ2) is 8.65. The normalized spacial score (nSPS) is 18.9. The zero-order valence-corrected chi connectivity index (χ0v) is 19.2. The Morgan fingerprint density at radius 2 is 1.64 bits per heavy atom. The van der Waals surface area contributed by atoms with E-state index in [0.717, 1.165) is 35.9 Å². The number of hydrogen-bond acceptors (Lipinski definition) is 6. The molecular formula is C26H31N7. The molecule has 7 heteroatoms. The number of nitrogens with one attached hydrogen (secondary N) is 1. The Morgan fingerprint density at radius 1 is 0.879 bits per heavy atom. The summed E-state index contributed by atoms with van der Waals surface area (Å²) in [5, 5.41) is 9.24. The van der Waals surface area contributed by atoms with Crippen LogP contribution in [0.2, 0.25) is 0 Å². The van der Waals surface area contributed by atoms with Crippen molar-refractivity contribution >= 4 is 33.7 Å². The number of rotatable bonds is 4. The number of para-hydroxylation sites is 1. The smallest absolute Gasteiger partial charge is 0.245 e. The van der Waals surface area contributed by atoms with Crippen molar-refractivity contribution in [2.75, 3.05) is 56.5 Å². The maximum atomic E-state index is 4.70. The summed E-state index contributed by atoms with van der Waals surface area (Å²) < 4.78 is 1.95. The number of piperazine rings is 1. The largest absolute Gasteiger partial charge is 0.371 e. The zero-order chi connectivity index (χ0) is 22.2. The molecule has 2 aromatic carbocycles. The highest BCUT2D eigenvalue weighted by Gasteiger charge is 2.26. The average Bonchev–Trinajstić information content (AvgIpc) is 3.23. The molecule has 2 fully saturated rings. The van der Waals surface area contributed by atoms with Gasteiger partial charge in [0, 0.05) is 62.1 Å². The van der Waals surface area contributed by atoms with Crippen LogP contribution in [0.5, 0.6) is 0 Å². The quantitative estimate of drug-likeness (QED) is 0.519. The van der Waals surface area contributed by atoms with Gasteiger partial charge in [0.2, 0.25) is 5.95 Å². The van der Waals surface area contributed by atoms with E-state index >= 15 is 0 Å². The highest BCUT2D eigenvalue weighted by molar-refractivity contribution is 5.86. The minimum absolute atomic E-state index is 0.601. The summed E-state index contributed by atoms with van der Waals surface area (Å²) in [6, 6.07) is 19.8. The van der Waals surface area contributed by atoms with Crippen LogP contribution in [0, 0.1) is 0 Å². The fourth-order valence-corrected chi connectivity index (χ4v) is 5.23. The van der Waals surface area contributed by atoms with E-state index in [2.05, 4.69) is 74.5 Å². The number of aromatic nitrogens is 3. The maximum Gasteiger partial charge on any atom is 0.245 e. The van der Waals surface area contributed by atoms with Gasteiger partial charge in [-0.15, -0.1) is 5.10 Å². The van der Waals surface area contributed by atoms with Gasteiger partial charge in [0.1, 0.15) is 0 Å². The van der Waals surface area contributed by atoms with Crippen LogP contribution in [0.4, 0.5) is 17.3 Å². The number of nitrogens with zero attached hydrogens (tertiary/aromatic N) is 6. The molecule has 0 atom stereocenters. The molecule has 33 heavy (non-hydrogen) atoms. The van der Waals surface area contributed by atoms with E-state index in [1.165, 1.54) is 50.1 Å². The maximum absolute atomic E-state index is 4.70. The molecule has 4 heterocycles. The van der Waals surface area contributed by atoms with Crippen molar-refractivity contribution < 1.29 is 0 Å². The number of piperidine rings is 1. The van der Waals surface area contributed by atoms with Gasteiger partial charge in [-0.1, -0.05) is 18.2 Å². The molecule has 0 spiro atoms. The third-order valence-corrected chi connectivity index (χ3v) is 7.23. The van der Waals surface area contributed by atoms with Crippen LogP contribution < -0.4 is 10.2 Å². The lowest BCUT2D eigenvalue weighted by Crippen LogP contribution is -2.52. The molecule has 2 aliphatic rings. The van der Waals surface area contributed by atoms with Gasteiger partial charge in [-0.3, -0.25) is 4.90 Å². The Hall–Kier alpha value is -3.16. The van der Waals surface area contributed by atoms with Crippen LogP contribution in [0.15, 0.2) is 60.8 Å². The topological polar surface area (TPSA) is 51.9 Å². The number of anilines is 3. The number of hydrogen-bond donors (Lipinski definition) is 1. The van der Waals surface area contributed by atoms with Crippen molar-refractivity contribution in [2.24, 2.45) is 0 Å². The Balaban J connectivity index is 1.10. The van der Waals surface area contributed by atoms with E-state index in [1.54, 1.807) is 0 Å². The van der Waals surface area contributed by atoms with Crippen LogP contribution in [0.3, 0.4) is 0 Å². The fourth-order valence-electron chi connectivity index (χ4n) is 5.23. The molecule has 7 nitrogen and oxygen atoms in total. The van der Waals surface area contributed by atoms with E-state index in [1.807, 2.05) is 22.8 Å². The first-order valence-corrected chi connectivity index (χ1v) is 12.0. The number of fused-ring (bicyclic) bond motifs is 3. The van der Waals surface area contributed by atoms with Gasteiger partial charge in [-0.05, 0) is 56.3 Å². The van der Waals surface area contributed by atoms with Crippen molar-refractivity contribution in [1.82, 2.24) is 24.4 Å². The SMILES string of the molecule is CN1CCN(C2CCN(c3ccc(Nc4ncc5cc6ccccc6n5n4)cc3)CC2)CC1. The van der Waals surface area contributed by atoms with Crippen LogP contribution in [-0.2, 0) is 0 Å². The molecule has 2 aromatic heterocycles. The van der Waals surface area contributed by atoms with Crippen LogP contribution in [-0.4, -0.2) is 76.8 Å². The summed E-state index contributed by atoms with van der Waals surface area (Å²) in [5.41, 5.74) is 4.39. The van der Waals surface area contributed by atoms with Crippen LogP contribution in [0.1, 0.15) is 12.8 Å². The predicted octanol–water partition coefficient (Wildman–Crippen LogP) is 3.84. The molecule has 170 valence electrons. The summed E-state index contributed by atoms with van der Waals surface area (Å²) in [6.45, 7) is 7.09. The molecule has 1 N–H and O–H groups in total. The molecule has 0 saturated carbocycles. The number of benzene rings is 2. The average molecular weight is 442 g/mol. The molecule has 2 aliphatic heterocycles.